The van der Waals surface area contributed by atoms with E-state index in [-0.39, 0.29) is 12.1 Å². The zero-order chi connectivity index (χ0) is 10.0. The number of nitrogens with zero attached hydrogens (tertiary/aromatic N) is 4. The molecule has 1 rings (SSSR count). The van der Waals surface area contributed by atoms with Crippen LogP contribution >= 0.6 is 0 Å². The molecular weight excluding hydrogens is 166 g/mol. The molecular formula is C8H17N5. The maximum absolute atomic E-state index is 5.73. The van der Waals surface area contributed by atoms with Gasteiger partial charge in [0.1, 0.15) is 0 Å². The Morgan fingerprint density at radius 2 is 1.85 bits per heavy atom. The highest BCUT2D eigenvalue weighted by Gasteiger charge is 2.17. The second kappa shape index (κ2) is 3.83. The molecule has 1 aromatic heterocycles. The molecule has 0 saturated carbocycles. The van der Waals surface area contributed by atoms with Crippen LogP contribution in [0.3, 0.4) is 0 Å². The smallest absolute Gasteiger partial charge is 0.167 e. The third kappa shape index (κ3) is 2.03. The van der Waals surface area contributed by atoms with Crippen molar-refractivity contribution >= 4 is 0 Å². The van der Waals surface area contributed by atoms with E-state index in [1.807, 2.05) is 6.92 Å². The molecule has 0 saturated heterocycles. The van der Waals surface area contributed by atoms with E-state index in [0.29, 0.717) is 5.92 Å². The first-order valence-electron chi connectivity index (χ1n) is 4.57. The van der Waals surface area contributed by atoms with Crippen molar-refractivity contribution in [3.8, 4) is 0 Å². The topological polar surface area (TPSA) is 69.6 Å². The van der Waals surface area contributed by atoms with Gasteiger partial charge in [-0.25, -0.2) is 4.68 Å². The second-order valence-corrected chi connectivity index (χ2v) is 3.75. The Morgan fingerprint density at radius 1 is 1.23 bits per heavy atom. The molecule has 0 aliphatic carbocycles. The molecule has 0 fully saturated rings. The monoisotopic (exact) mass is 183 g/mol. The van der Waals surface area contributed by atoms with Crippen molar-refractivity contribution < 1.29 is 0 Å². The average Bonchev–Trinajstić information content (AvgIpc) is 2.50. The van der Waals surface area contributed by atoms with E-state index >= 15 is 0 Å². The van der Waals surface area contributed by atoms with Crippen molar-refractivity contribution in [3.05, 3.63) is 5.82 Å². The molecule has 5 heteroatoms. The summed E-state index contributed by atoms with van der Waals surface area (Å²) < 4.78 is 1.80. The fourth-order valence-electron chi connectivity index (χ4n) is 1.07. The molecule has 1 heterocycles. The summed E-state index contributed by atoms with van der Waals surface area (Å²) in [6, 6.07) is 0.173. The number of hydrogen-bond acceptors (Lipinski definition) is 4. The van der Waals surface area contributed by atoms with E-state index in [1.54, 1.807) is 4.68 Å². The van der Waals surface area contributed by atoms with Crippen molar-refractivity contribution in [2.24, 2.45) is 11.7 Å². The van der Waals surface area contributed by atoms with Gasteiger partial charge in [-0.15, -0.1) is 5.10 Å². The van der Waals surface area contributed by atoms with Gasteiger partial charge in [0.05, 0.1) is 12.1 Å². The van der Waals surface area contributed by atoms with Crippen molar-refractivity contribution in [2.45, 2.75) is 39.8 Å². The minimum absolute atomic E-state index is 0.115. The van der Waals surface area contributed by atoms with Gasteiger partial charge in [0, 0.05) is 0 Å². The first kappa shape index (κ1) is 10.1. The third-order valence-electron chi connectivity index (χ3n) is 2.28. The van der Waals surface area contributed by atoms with Gasteiger partial charge < -0.3 is 5.73 Å². The lowest BCUT2D eigenvalue weighted by Crippen LogP contribution is -2.20. The molecule has 2 unspecified atom stereocenters. The largest absolute Gasteiger partial charge is 0.322 e. The Bertz CT molecular complexity index is 265. The first-order chi connectivity index (χ1) is 6.04. The lowest BCUT2D eigenvalue weighted by atomic mass is 10.1. The molecule has 0 bridgehead atoms. The molecule has 2 atom stereocenters. The van der Waals surface area contributed by atoms with Crippen LogP contribution in [0.4, 0.5) is 0 Å². The van der Waals surface area contributed by atoms with Crippen LogP contribution in [0.15, 0.2) is 0 Å². The maximum Gasteiger partial charge on any atom is 0.167 e. The predicted octanol–water partition coefficient (Wildman–Crippen LogP) is 0.910. The lowest BCUT2D eigenvalue weighted by molar-refractivity contribution is 0.352. The number of aromatic nitrogens is 4. The van der Waals surface area contributed by atoms with E-state index in [4.69, 9.17) is 5.73 Å². The van der Waals surface area contributed by atoms with Crippen LogP contribution < -0.4 is 5.73 Å². The number of nitrogens with two attached hydrogens (primary N) is 1. The molecule has 0 aliphatic heterocycles. The highest BCUT2D eigenvalue weighted by atomic mass is 15.6. The molecule has 74 valence electrons. The van der Waals surface area contributed by atoms with Gasteiger partial charge in [0.2, 0.25) is 0 Å². The molecule has 5 nitrogen and oxygen atoms in total. The Morgan fingerprint density at radius 3 is 2.31 bits per heavy atom. The molecule has 0 spiro atoms. The zero-order valence-electron chi connectivity index (χ0n) is 8.60. The van der Waals surface area contributed by atoms with Crippen LogP contribution in [-0.2, 0) is 0 Å². The van der Waals surface area contributed by atoms with Gasteiger partial charge in [-0.3, -0.25) is 0 Å². The molecule has 0 amide bonds. The molecule has 1 aromatic rings. The number of tetrazole rings is 1. The molecule has 13 heavy (non-hydrogen) atoms. The van der Waals surface area contributed by atoms with Crippen LogP contribution in [0.2, 0.25) is 0 Å². The van der Waals surface area contributed by atoms with Crippen LogP contribution in [-0.4, -0.2) is 20.2 Å². The van der Waals surface area contributed by atoms with Gasteiger partial charge in [-0.1, -0.05) is 13.8 Å². The van der Waals surface area contributed by atoms with E-state index < -0.39 is 0 Å². The van der Waals surface area contributed by atoms with Crippen LogP contribution in [0.5, 0.6) is 0 Å². The fraction of sp³-hybridized carbons (Fsp3) is 0.875. The number of hydrogen-bond donors (Lipinski definition) is 1. The number of rotatable bonds is 3. The zero-order valence-corrected chi connectivity index (χ0v) is 8.60. The van der Waals surface area contributed by atoms with Crippen LogP contribution in [0, 0.1) is 5.92 Å². The molecule has 0 aliphatic rings. The summed E-state index contributed by atoms with van der Waals surface area (Å²) in [7, 11) is 0. The van der Waals surface area contributed by atoms with Crippen LogP contribution in [0.25, 0.3) is 0 Å². The van der Waals surface area contributed by atoms with E-state index in [0.717, 1.165) is 5.82 Å². The first-order valence-corrected chi connectivity index (χ1v) is 4.57. The van der Waals surface area contributed by atoms with Crippen LogP contribution in [0.1, 0.15) is 45.6 Å². The van der Waals surface area contributed by atoms with Gasteiger partial charge in [-0.05, 0) is 30.2 Å². The summed E-state index contributed by atoms with van der Waals surface area (Å²) in [4.78, 5) is 0. The second-order valence-electron chi connectivity index (χ2n) is 3.75. The third-order valence-corrected chi connectivity index (χ3v) is 2.28. The minimum atomic E-state index is -0.115. The quantitative estimate of drug-likeness (QED) is 0.756. The van der Waals surface area contributed by atoms with E-state index in [1.165, 1.54) is 0 Å². The SMILES string of the molecule is CC(N)c1nnnn1C(C)C(C)C. The van der Waals surface area contributed by atoms with Crippen molar-refractivity contribution in [3.63, 3.8) is 0 Å². The summed E-state index contributed by atoms with van der Waals surface area (Å²) in [6.07, 6.45) is 0. The standard InChI is InChI=1S/C8H17N5/c1-5(2)7(4)13-8(6(3)9)10-11-12-13/h5-7H,9H2,1-4H3. The van der Waals surface area contributed by atoms with E-state index in [9.17, 15) is 0 Å². The van der Waals surface area contributed by atoms with Gasteiger partial charge in [0.25, 0.3) is 0 Å². The summed E-state index contributed by atoms with van der Waals surface area (Å²) in [5.41, 5.74) is 5.73. The van der Waals surface area contributed by atoms with Gasteiger partial charge in [0.15, 0.2) is 5.82 Å². The highest BCUT2D eigenvalue weighted by Crippen LogP contribution is 2.18. The minimum Gasteiger partial charge on any atom is -0.322 e. The highest BCUT2D eigenvalue weighted by molar-refractivity contribution is 4.89. The summed E-state index contributed by atoms with van der Waals surface area (Å²) in [5, 5.41) is 11.5. The molecule has 2 N–H and O–H groups in total. The lowest BCUT2D eigenvalue weighted by Gasteiger charge is -2.17. The Balaban J connectivity index is 2.93. The van der Waals surface area contributed by atoms with Gasteiger partial charge >= 0.3 is 0 Å². The predicted molar refractivity (Wildman–Crippen MR) is 50.0 cm³/mol. The summed E-state index contributed by atoms with van der Waals surface area (Å²) in [5.74, 6) is 1.25. The van der Waals surface area contributed by atoms with Crippen molar-refractivity contribution in [2.75, 3.05) is 0 Å². The fourth-order valence-corrected chi connectivity index (χ4v) is 1.07. The van der Waals surface area contributed by atoms with E-state index in [2.05, 4.69) is 36.3 Å². The normalized spacial score (nSPS) is 16.2. The summed E-state index contributed by atoms with van der Waals surface area (Å²) in [6.45, 7) is 8.25. The van der Waals surface area contributed by atoms with Crippen molar-refractivity contribution in [1.29, 1.82) is 0 Å². The average molecular weight is 183 g/mol. The molecule has 0 radical (unpaired) electrons. The van der Waals surface area contributed by atoms with Crippen molar-refractivity contribution in [1.82, 2.24) is 20.2 Å². The Kier molecular flexibility index (Phi) is 2.98. The molecule has 0 aromatic carbocycles. The summed E-state index contributed by atoms with van der Waals surface area (Å²) >= 11 is 0. The maximum atomic E-state index is 5.73. The Labute approximate surface area is 78.3 Å². The van der Waals surface area contributed by atoms with Gasteiger partial charge in [-0.2, -0.15) is 0 Å². The Hall–Kier alpha value is -0.970.